The van der Waals surface area contributed by atoms with Crippen LogP contribution in [0.1, 0.15) is 168 Å². The summed E-state index contributed by atoms with van der Waals surface area (Å²) in [5.74, 6) is -2.02. The third-order valence-electron chi connectivity index (χ3n) is 8.52. The van der Waals surface area contributed by atoms with Crippen molar-refractivity contribution in [2.24, 2.45) is 0 Å². The van der Waals surface area contributed by atoms with E-state index < -0.39 is 24.3 Å². The van der Waals surface area contributed by atoms with Gasteiger partial charge in [0.15, 0.2) is 6.10 Å². The summed E-state index contributed by atoms with van der Waals surface area (Å²) in [4.78, 5) is 36.8. The van der Waals surface area contributed by atoms with Crippen LogP contribution >= 0.6 is 0 Å². The van der Waals surface area contributed by atoms with E-state index in [4.69, 9.17) is 18.9 Å². The number of carbonyl (C=O) groups excluding carboxylic acids is 2. The number of carboxylic acid groups (broad SMARTS) is 1. The first-order valence-corrected chi connectivity index (χ1v) is 19.9. The molecular formula is C40H76NO8+. The molecule has 9 heteroatoms. The number of ether oxygens (including phenoxy) is 4. The van der Waals surface area contributed by atoms with Gasteiger partial charge >= 0.3 is 17.9 Å². The van der Waals surface area contributed by atoms with Crippen molar-refractivity contribution in [3.63, 3.8) is 0 Å². The molecule has 0 saturated heterocycles. The number of unbranched alkanes of at least 4 members (excludes halogenated alkanes) is 19. The number of allylic oxidation sites excluding steroid dienone is 2. The van der Waals surface area contributed by atoms with E-state index in [1.807, 2.05) is 21.1 Å². The molecule has 2 atom stereocenters. The largest absolute Gasteiger partial charge is 0.477 e. The molecule has 0 heterocycles. The number of aliphatic carboxylic acids is 1. The summed E-state index contributed by atoms with van der Waals surface area (Å²) < 4.78 is 22.6. The van der Waals surface area contributed by atoms with E-state index in [1.165, 1.54) is 83.5 Å². The Kier molecular flexibility index (Phi) is 31.9. The van der Waals surface area contributed by atoms with Gasteiger partial charge in [-0.2, -0.15) is 0 Å². The van der Waals surface area contributed by atoms with Crippen LogP contribution in [0.5, 0.6) is 0 Å². The van der Waals surface area contributed by atoms with E-state index in [1.54, 1.807) is 0 Å². The number of esters is 2. The Morgan fingerprint density at radius 2 is 1.04 bits per heavy atom. The number of hydrogen-bond acceptors (Lipinski definition) is 7. The Morgan fingerprint density at radius 1 is 0.592 bits per heavy atom. The molecule has 0 rings (SSSR count). The molecule has 0 aromatic rings. The van der Waals surface area contributed by atoms with Crippen LogP contribution in [0.25, 0.3) is 0 Å². The van der Waals surface area contributed by atoms with Crippen molar-refractivity contribution in [2.75, 3.05) is 47.5 Å². The predicted octanol–water partition coefficient (Wildman–Crippen LogP) is 9.55. The van der Waals surface area contributed by atoms with E-state index >= 15 is 0 Å². The van der Waals surface area contributed by atoms with Gasteiger partial charge in [-0.05, 0) is 38.5 Å². The molecule has 288 valence electrons. The number of likely N-dealkylation sites (N-methyl/N-ethyl adjacent to an activating group) is 1. The van der Waals surface area contributed by atoms with Crippen molar-refractivity contribution in [3.8, 4) is 0 Å². The summed E-state index contributed by atoms with van der Waals surface area (Å²) in [5.41, 5.74) is 0. The van der Waals surface area contributed by atoms with E-state index in [-0.39, 0.29) is 32.2 Å². The molecule has 49 heavy (non-hydrogen) atoms. The highest BCUT2D eigenvalue weighted by atomic mass is 16.7. The number of rotatable bonds is 36. The number of carbonyl (C=O) groups is 3. The normalized spacial score (nSPS) is 13.1. The first kappa shape index (κ1) is 47.0. The molecule has 0 amide bonds. The first-order valence-electron chi connectivity index (χ1n) is 19.9. The number of carboxylic acids is 1. The van der Waals surface area contributed by atoms with Gasteiger partial charge in [-0.25, -0.2) is 4.79 Å². The van der Waals surface area contributed by atoms with E-state index in [0.717, 1.165) is 51.4 Å². The van der Waals surface area contributed by atoms with Crippen molar-refractivity contribution < 1.29 is 42.9 Å². The van der Waals surface area contributed by atoms with Crippen LogP contribution in [0.15, 0.2) is 12.2 Å². The van der Waals surface area contributed by atoms with Gasteiger partial charge in [0.2, 0.25) is 0 Å². The molecule has 0 bridgehead atoms. The molecule has 0 radical (unpaired) electrons. The van der Waals surface area contributed by atoms with Crippen molar-refractivity contribution in [1.82, 2.24) is 0 Å². The summed E-state index contributed by atoms with van der Waals surface area (Å²) >= 11 is 0. The van der Waals surface area contributed by atoms with Crippen LogP contribution in [-0.4, -0.2) is 87.4 Å². The average Bonchev–Trinajstić information content (AvgIpc) is 3.05. The molecule has 9 nitrogen and oxygen atoms in total. The fraction of sp³-hybridized carbons (Fsp3) is 0.875. The van der Waals surface area contributed by atoms with Crippen LogP contribution in [0.2, 0.25) is 0 Å². The summed E-state index contributed by atoms with van der Waals surface area (Å²) in [5, 5.41) is 9.57. The second-order valence-corrected chi connectivity index (χ2v) is 14.6. The Bertz CT molecular complexity index is 826. The molecule has 0 aromatic carbocycles. The van der Waals surface area contributed by atoms with Gasteiger partial charge < -0.3 is 28.5 Å². The maximum atomic E-state index is 12.7. The molecule has 0 aliphatic heterocycles. The Hall–Kier alpha value is -1.97. The molecule has 0 aromatic heterocycles. The quantitative estimate of drug-likeness (QED) is 0.0227. The van der Waals surface area contributed by atoms with Gasteiger partial charge in [0, 0.05) is 12.8 Å². The lowest BCUT2D eigenvalue weighted by atomic mass is 10.1. The van der Waals surface area contributed by atoms with Crippen molar-refractivity contribution >= 4 is 17.9 Å². The summed E-state index contributed by atoms with van der Waals surface area (Å²) in [6.45, 7) is 4.82. The maximum absolute atomic E-state index is 12.7. The van der Waals surface area contributed by atoms with E-state index in [0.29, 0.717) is 23.9 Å². The number of quaternary nitrogens is 1. The van der Waals surface area contributed by atoms with Crippen molar-refractivity contribution in [3.05, 3.63) is 12.2 Å². The zero-order chi connectivity index (χ0) is 36.4. The third kappa shape index (κ3) is 34.3. The molecule has 0 fully saturated rings. The van der Waals surface area contributed by atoms with Crippen LogP contribution in [0.3, 0.4) is 0 Å². The summed E-state index contributed by atoms with van der Waals surface area (Å²) in [6, 6.07) is 0. The molecular weight excluding hydrogens is 622 g/mol. The maximum Gasteiger partial charge on any atom is 0.361 e. The van der Waals surface area contributed by atoms with Gasteiger partial charge in [0.1, 0.15) is 13.2 Å². The Balaban J connectivity index is 4.47. The van der Waals surface area contributed by atoms with Crippen LogP contribution in [-0.2, 0) is 33.3 Å². The SMILES string of the molecule is CCCCCCCCC/C=C\CCCCCCCC(=O)OC(COC(=O)CCCCCCCCCC)COC(OCC[N+](C)(C)C)C(=O)O. The lowest BCUT2D eigenvalue weighted by Crippen LogP contribution is -2.40. The third-order valence-corrected chi connectivity index (χ3v) is 8.52. The highest BCUT2D eigenvalue weighted by Crippen LogP contribution is 2.13. The van der Waals surface area contributed by atoms with Crippen molar-refractivity contribution in [2.45, 2.75) is 180 Å². The summed E-state index contributed by atoms with van der Waals surface area (Å²) in [6.07, 6.45) is 28.5. The lowest BCUT2D eigenvalue weighted by molar-refractivity contribution is -0.870. The highest BCUT2D eigenvalue weighted by Gasteiger charge is 2.25. The number of nitrogens with zero attached hydrogens (tertiary/aromatic N) is 1. The monoisotopic (exact) mass is 699 g/mol. The summed E-state index contributed by atoms with van der Waals surface area (Å²) in [7, 11) is 5.94. The molecule has 1 N–H and O–H groups in total. The smallest absolute Gasteiger partial charge is 0.361 e. The lowest BCUT2D eigenvalue weighted by Gasteiger charge is -2.25. The standard InChI is InChI=1S/C40H75NO8/c1-6-8-10-12-14-16-17-18-19-20-21-22-23-25-27-29-31-38(43)49-36(35-48-40(39(44)45)46-33-32-41(3,4)5)34-47-37(42)30-28-26-24-15-13-11-9-7-2/h19-20,36,40H,6-18,21-35H2,1-5H3/p+1/b20-19-. The minimum atomic E-state index is -1.50. The number of hydrogen-bond donors (Lipinski definition) is 1. The van der Waals surface area contributed by atoms with E-state index in [2.05, 4.69) is 26.0 Å². The molecule has 2 unspecified atom stereocenters. The van der Waals surface area contributed by atoms with Crippen LogP contribution in [0.4, 0.5) is 0 Å². The van der Waals surface area contributed by atoms with Gasteiger partial charge in [-0.15, -0.1) is 0 Å². The van der Waals surface area contributed by atoms with Crippen LogP contribution < -0.4 is 0 Å². The second-order valence-electron chi connectivity index (χ2n) is 14.6. The minimum Gasteiger partial charge on any atom is -0.477 e. The van der Waals surface area contributed by atoms with Gasteiger partial charge in [-0.3, -0.25) is 9.59 Å². The predicted molar refractivity (Wildman–Crippen MR) is 198 cm³/mol. The Morgan fingerprint density at radius 3 is 1.51 bits per heavy atom. The fourth-order valence-electron chi connectivity index (χ4n) is 5.36. The first-order chi connectivity index (χ1) is 23.6. The zero-order valence-corrected chi connectivity index (χ0v) is 32.4. The topological polar surface area (TPSA) is 108 Å². The highest BCUT2D eigenvalue weighted by molar-refractivity contribution is 5.71. The second kappa shape index (κ2) is 33.2. The molecule has 0 aliphatic carbocycles. The Labute approximate surface area is 300 Å². The van der Waals surface area contributed by atoms with Crippen LogP contribution in [0, 0.1) is 0 Å². The van der Waals surface area contributed by atoms with Gasteiger partial charge in [-0.1, -0.05) is 129 Å². The van der Waals surface area contributed by atoms with Gasteiger partial charge in [0.05, 0.1) is 34.4 Å². The van der Waals surface area contributed by atoms with Crippen molar-refractivity contribution in [1.29, 1.82) is 0 Å². The van der Waals surface area contributed by atoms with Gasteiger partial charge in [0.25, 0.3) is 6.29 Å². The average molecular weight is 699 g/mol. The zero-order valence-electron chi connectivity index (χ0n) is 32.4. The molecule has 0 spiro atoms. The molecule has 0 saturated carbocycles. The molecule has 0 aliphatic rings. The van der Waals surface area contributed by atoms with E-state index in [9.17, 15) is 19.5 Å². The fourth-order valence-corrected chi connectivity index (χ4v) is 5.36. The minimum absolute atomic E-state index is 0.181.